The maximum absolute atomic E-state index is 12.0. The summed E-state index contributed by atoms with van der Waals surface area (Å²) in [4.78, 5) is 23.4. The van der Waals surface area contributed by atoms with Crippen LogP contribution >= 0.6 is 0 Å². The monoisotopic (exact) mass is 297 g/mol. The third-order valence-electron chi connectivity index (χ3n) is 3.01. The van der Waals surface area contributed by atoms with Crippen LogP contribution in [-0.2, 0) is 9.53 Å². The fourth-order valence-electron chi connectivity index (χ4n) is 2.00. The number of ether oxygens (including phenoxy) is 1. The minimum atomic E-state index is -0.441. The molecule has 1 N–H and O–H groups in total. The SMILES string of the molecule is CC(C)OC(=O)CNC(=O)c1ccc(-c2ccccc2)cc1. The number of carbonyl (C=O) groups excluding carboxylic acids is 2. The molecule has 0 radical (unpaired) electrons. The van der Waals surface area contributed by atoms with Gasteiger partial charge in [-0.3, -0.25) is 9.59 Å². The molecule has 0 aliphatic carbocycles. The predicted molar refractivity (Wildman–Crippen MR) is 85.4 cm³/mol. The number of rotatable bonds is 5. The summed E-state index contributed by atoms with van der Waals surface area (Å²) in [6.07, 6.45) is -0.186. The maximum Gasteiger partial charge on any atom is 0.325 e. The van der Waals surface area contributed by atoms with Crippen LogP contribution < -0.4 is 5.32 Å². The van der Waals surface area contributed by atoms with E-state index in [4.69, 9.17) is 4.74 Å². The fourth-order valence-corrected chi connectivity index (χ4v) is 2.00. The van der Waals surface area contributed by atoms with Crippen molar-refractivity contribution in [3.05, 3.63) is 60.2 Å². The van der Waals surface area contributed by atoms with Crippen LogP contribution in [0.4, 0.5) is 0 Å². The van der Waals surface area contributed by atoms with Crippen LogP contribution in [0.3, 0.4) is 0 Å². The number of amides is 1. The van der Waals surface area contributed by atoms with Crippen molar-refractivity contribution < 1.29 is 14.3 Å². The molecule has 114 valence electrons. The van der Waals surface area contributed by atoms with Gasteiger partial charge in [-0.05, 0) is 37.1 Å². The van der Waals surface area contributed by atoms with E-state index < -0.39 is 5.97 Å². The van der Waals surface area contributed by atoms with Crippen LogP contribution in [0.1, 0.15) is 24.2 Å². The van der Waals surface area contributed by atoms with E-state index in [2.05, 4.69) is 5.32 Å². The smallest absolute Gasteiger partial charge is 0.325 e. The normalized spacial score (nSPS) is 10.3. The summed E-state index contributed by atoms with van der Waals surface area (Å²) in [7, 11) is 0. The minimum absolute atomic E-state index is 0.128. The number of hydrogen-bond acceptors (Lipinski definition) is 3. The Bertz CT molecular complexity index is 633. The summed E-state index contributed by atoms with van der Waals surface area (Å²) in [6, 6.07) is 17.2. The van der Waals surface area contributed by atoms with Gasteiger partial charge in [0.2, 0.25) is 0 Å². The standard InChI is InChI=1S/C18H19NO3/c1-13(2)22-17(20)12-19-18(21)16-10-8-15(9-11-16)14-6-4-3-5-7-14/h3-11,13H,12H2,1-2H3,(H,19,21). The quantitative estimate of drug-likeness (QED) is 0.863. The third kappa shape index (κ3) is 4.45. The molecule has 0 atom stereocenters. The average Bonchev–Trinajstić information content (AvgIpc) is 2.53. The van der Waals surface area contributed by atoms with Gasteiger partial charge in [0.05, 0.1) is 6.10 Å². The van der Waals surface area contributed by atoms with Crippen molar-refractivity contribution in [2.75, 3.05) is 6.54 Å². The molecule has 0 spiro atoms. The van der Waals surface area contributed by atoms with Crippen LogP contribution in [0.15, 0.2) is 54.6 Å². The Morgan fingerprint density at radius 3 is 2.14 bits per heavy atom. The highest BCUT2D eigenvalue weighted by atomic mass is 16.5. The van der Waals surface area contributed by atoms with E-state index in [-0.39, 0.29) is 18.6 Å². The lowest BCUT2D eigenvalue weighted by Crippen LogP contribution is -2.31. The van der Waals surface area contributed by atoms with E-state index in [1.807, 2.05) is 42.5 Å². The summed E-state index contributed by atoms with van der Waals surface area (Å²) < 4.78 is 4.96. The van der Waals surface area contributed by atoms with Crippen LogP contribution in [0.25, 0.3) is 11.1 Å². The lowest BCUT2D eigenvalue weighted by Gasteiger charge is -2.09. The van der Waals surface area contributed by atoms with E-state index in [1.165, 1.54) is 0 Å². The Morgan fingerprint density at radius 2 is 1.55 bits per heavy atom. The molecule has 1 amide bonds. The summed E-state index contributed by atoms with van der Waals surface area (Å²) in [6.45, 7) is 3.40. The van der Waals surface area contributed by atoms with E-state index in [9.17, 15) is 9.59 Å². The Labute approximate surface area is 130 Å². The lowest BCUT2D eigenvalue weighted by atomic mass is 10.0. The molecule has 2 aromatic carbocycles. The number of carbonyl (C=O) groups is 2. The summed E-state index contributed by atoms with van der Waals surface area (Å²) in [5.41, 5.74) is 2.64. The van der Waals surface area contributed by atoms with Gasteiger partial charge in [-0.15, -0.1) is 0 Å². The Morgan fingerprint density at radius 1 is 0.955 bits per heavy atom. The predicted octanol–water partition coefficient (Wildman–Crippen LogP) is 3.04. The largest absolute Gasteiger partial charge is 0.462 e. The van der Waals surface area contributed by atoms with Gasteiger partial charge < -0.3 is 10.1 Å². The molecule has 0 unspecified atom stereocenters. The van der Waals surface area contributed by atoms with Crippen molar-refractivity contribution in [1.82, 2.24) is 5.32 Å². The van der Waals surface area contributed by atoms with Gasteiger partial charge in [0, 0.05) is 5.56 Å². The first-order chi connectivity index (χ1) is 10.6. The molecule has 2 aromatic rings. The van der Waals surface area contributed by atoms with Crippen LogP contribution in [-0.4, -0.2) is 24.5 Å². The van der Waals surface area contributed by atoms with Gasteiger partial charge in [-0.25, -0.2) is 0 Å². The zero-order chi connectivity index (χ0) is 15.9. The Hall–Kier alpha value is -2.62. The highest BCUT2D eigenvalue weighted by molar-refractivity contribution is 5.96. The van der Waals surface area contributed by atoms with Crippen LogP contribution in [0.5, 0.6) is 0 Å². The van der Waals surface area contributed by atoms with Gasteiger partial charge in [0.1, 0.15) is 6.54 Å². The molecule has 2 rings (SSSR count). The zero-order valence-corrected chi connectivity index (χ0v) is 12.7. The summed E-state index contributed by atoms with van der Waals surface area (Å²) in [5, 5.41) is 2.55. The molecular formula is C18H19NO3. The number of benzene rings is 2. The molecule has 0 heterocycles. The second kappa shape index (κ2) is 7.41. The average molecular weight is 297 g/mol. The minimum Gasteiger partial charge on any atom is -0.462 e. The molecule has 0 saturated carbocycles. The molecule has 4 heteroatoms. The van der Waals surface area contributed by atoms with Gasteiger partial charge in [0.25, 0.3) is 5.91 Å². The van der Waals surface area contributed by atoms with Crippen LogP contribution in [0, 0.1) is 0 Å². The van der Waals surface area contributed by atoms with Gasteiger partial charge >= 0.3 is 5.97 Å². The van der Waals surface area contributed by atoms with Gasteiger partial charge in [-0.1, -0.05) is 42.5 Å². The lowest BCUT2D eigenvalue weighted by molar-refractivity contribution is -0.146. The molecule has 0 fully saturated rings. The first-order valence-corrected chi connectivity index (χ1v) is 7.19. The maximum atomic E-state index is 12.0. The molecule has 0 aliphatic rings. The first-order valence-electron chi connectivity index (χ1n) is 7.19. The Kier molecular flexibility index (Phi) is 5.31. The molecule has 0 bridgehead atoms. The van der Waals surface area contributed by atoms with E-state index in [1.54, 1.807) is 26.0 Å². The van der Waals surface area contributed by atoms with Crippen molar-refractivity contribution in [2.45, 2.75) is 20.0 Å². The highest BCUT2D eigenvalue weighted by Gasteiger charge is 2.10. The second-order valence-corrected chi connectivity index (χ2v) is 5.16. The fraction of sp³-hybridized carbons (Fsp3) is 0.222. The van der Waals surface area contributed by atoms with Crippen molar-refractivity contribution in [1.29, 1.82) is 0 Å². The Balaban J connectivity index is 1.95. The van der Waals surface area contributed by atoms with Crippen molar-refractivity contribution >= 4 is 11.9 Å². The number of nitrogens with one attached hydrogen (secondary N) is 1. The molecule has 0 aliphatic heterocycles. The first kappa shape index (κ1) is 15.8. The van der Waals surface area contributed by atoms with E-state index in [0.29, 0.717) is 5.56 Å². The van der Waals surface area contributed by atoms with Crippen LogP contribution in [0.2, 0.25) is 0 Å². The number of hydrogen-bond donors (Lipinski definition) is 1. The molecule has 0 aromatic heterocycles. The van der Waals surface area contributed by atoms with E-state index >= 15 is 0 Å². The van der Waals surface area contributed by atoms with Crippen molar-refractivity contribution in [3.8, 4) is 11.1 Å². The zero-order valence-electron chi connectivity index (χ0n) is 12.7. The second-order valence-electron chi connectivity index (χ2n) is 5.16. The van der Waals surface area contributed by atoms with Gasteiger partial charge in [-0.2, -0.15) is 0 Å². The number of esters is 1. The van der Waals surface area contributed by atoms with Crippen molar-refractivity contribution in [3.63, 3.8) is 0 Å². The highest BCUT2D eigenvalue weighted by Crippen LogP contribution is 2.19. The third-order valence-corrected chi connectivity index (χ3v) is 3.01. The molecule has 4 nitrogen and oxygen atoms in total. The molecule has 0 saturated heterocycles. The summed E-state index contributed by atoms with van der Waals surface area (Å²) in [5.74, 6) is -0.732. The van der Waals surface area contributed by atoms with E-state index in [0.717, 1.165) is 11.1 Å². The summed E-state index contributed by atoms with van der Waals surface area (Å²) >= 11 is 0. The molecule has 22 heavy (non-hydrogen) atoms. The van der Waals surface area contributed by atoms with Crippen molar-refractivity contribution in [2.24, 2.45) is 0 Å². The molecular weight excluding hydrogens is 278 g/mol. The van der Waals surface area contributed by atoms with Gasteiger partial charge in [0.15, 0.2) is 0 Å². The topological polar surface area (TPSA) is 55.4 Å².